The van der Waals surface area contributed by atoms with Crippen molar-refractivity contribution in [1.82, 2.24) is 10.2 Å². The van der Waals surface area contributed by atoms with E-state index in [1.54, 1.807) is 6.20 Å². The lowest BCUT2D eigenvalue weighted by atomic mass is 10.1. The molecule has 1 aromatic heterocycles. The molecule has 0 aliphatic carbocycles. The van der Waals surface area contributed by atoms with Crippen molar-refractivity contribution in [3.63, 3.8) is 0 Å². The lowest BCUT2D eigenvalue weighted by Gasteiger charge is -2.22. The Morgan fingerprint density at radius 3 is 3.33 bits per heavy atom. The van der Waals surface area contributed by atoms with Crippen LogP contribution in [0.4, 0.5) is 10.5 Å². The van der Waals surface area contributed by atoms with Crippen LogP contribution in [0.3, 0.4) is 0 Å². The third-order valence-corrected chi connectivity index (χ3v) is 2.03. The minimum Gasteiger partial charge on any atom is -0.465 e. The van der Waals surface area contributed by atoms with E-state index in [2.05, 4.69) is 10.2 Å². The van der Waals surface area contributed by atoms with Crippen molar-refractivity contribution < 1.29 is 9.90 Å². The number of fused-ring (bicyclic) bond motifs is 1. The van der Waals surface area contributed by atoms with Crippen LogP contribution in [0.5, 0.6) is 0 Å². The third kappa shape index (κ3) is 0.939. The number of aromatic amines is 1. The number of aryl methyl sites for hydroxylation is 1. The predicted octanol–water partition coefficient (Wildman–Crippen LogP) is 0.840. The summed E-state index contributed by atoms with van der Waals surface area (Å²) < 4.78 is 0. The smallest absolute Gasteiger partial charge is 0.411 e. The molecule has 5 nitrogen and oxygen atoms in total. The molecule has 64 valence electrons. The summed E-state index contributed by atoms with van der Waals surface area (Å²) in [6, 6.07) is 0. The Hall–Kier alpha value is -1.52. The molecule has 0 bridgehead atoms. The molecule has 12 heavy (non-hydrogen) atoms. The van der Waals surface area contributed by atoms with Crippen molar-refractivity contribution in [3.05, 3.63) is 11.9 Å². The molecule has 2 rings (SSSR count). The van der Waals surface area contributed by atoms with Crippen LogP contribution in [0.1, 0.15) is 12.1 Å². The van der Waals surface area contributed by atoms with Crippen LogP contribution in [0.25, 0.3) is 0 Å². The molecular formula is C7H9N3O2. The maximum Gasteiger partial charge on any atom is 0.411 e. The Balaban J connectivity index is 2.37. The van der Waals surface area contributed by atoms with Crippen molar-refractivity contribution in [1.29, 1.82) is 0 Å². The molecule has 1 aliphatic heterocycles. The highest BCUT2D eigenvalue weighted by Crippen LogP contribution is 2.24. The zero-order valence-corrected chi connectivity index (χ0v) is 6.45. The van der Waals surface area contributed by atoms with E-state index >= 15 is 0 Å². The zero-order valence-electron chi connectivity index (χ0n) is 6.45. The first-order valence-electron chi connectivity index (χ1n) is 3.82. The average molecular weight is 167 g/mol. The SMILES string of the molecule is O=C(O)N1CCCc2[nH]ncc21. The number of hydrogen-bond acceptors (Lipinski definition) is 2. The van der Waals surface area contributed by atoms with E-state index in [9.17, 15) is 4.79 Å². The highest BCUT2D eigenvalue weighted by Gasteiger charge is 2.22. The van der Waals surface area contributed by atoms with E-state index in [4.69, 9.17) is 5.11 Å². The summed E-state index contributed by atoms with van der Waals surface area (Å²) in [5, 5.41) is 15.4. The largest absolute Gasteiger partial charge is 0.465 e. The number of carboxylic acid groups (broad SMARTS) is 1. The van der Waals surface area contributed by atoms with Crippen molar-refractivity contribution in [2.45, 2.75) is 12.8 Å². The van der Waals surface area contributed by atoms with E-state index in [0.29, 0.717) is 12.2 Å². The summed E-state index contributed by atoms with van der Waals surface area (Å²) in [6.45, 7) is 0.571. The number of carbonyl (C=O) groups is 1. The highest BCUT2D eigenvalue weighted by molar-refractivity contribution is 5.87. The van der Waals surface area contributed by atoms with E-state index in [1.807, 2.05) is 0 Å². The molecule has 0 saturated carbocycles. The van der Waals surface area contributed by atoms with Crippen LogP contribution in [0, 0.1) is 0 Å². The number of aromatic nitrogens is 2. The number of nitrogens with one attached hydrogen (secondary N) is 1. The van der Waals surface area contributed by atoms with Gasteiger partial charge in [-0.15, -0.1) is 0 Å². The molecule has 1 aromatic rings. The molecular weight excluding hydrogens is 158 g/mol. The molecule has 1 amide bonds. The molecule has 0 aromatic carbocycles. The second-order valence-corrected chi connectivity index (χ2v) is 2.77. The number of hydrogen-bond donors (Lipinski definition) is 2. The molecule has 5 heteroatoms. The summed E-state index contributed by atoms with van der Waals surface area (Å²) in [5.74, 6) is 0. The van der Waals surface area contributed by atoms with Gasteiger partial charge in [0.05, 0.1) is 17.6 Å². The van der Waals surface area contributed by atoms with Gasteiger partial charge in [-0.25, -0.2) is 4.79 Å². The fourth-order valence-corrected chi connectivity index (χ4v) is 1.46. The molecule has 2 heterocycles. The molecule has 0 spiro atoms. The average Bonchev–Trinajstić information content (AvgIpc) is 2.49. The topological polar surface area (TPSA) is 69.2 Å². The number of anilines is 1. The second kappa shape index (κ2) is 2.51. The first-order chi connectivity index (χ1) is 5.79. The van der Waals surface area contributed by atoms with Gasteiger partial charge in [0.2, 0.25) is 0 Å². The van der Waals surface area contributed by atoms with Gasteiger partial charge in [-0.3, -0.25) is 10.00 Å². The predicted molar refractivity (Wildman–Crippen MR) is 42.3 cm³/mol. The summed E-state index contributed by atoms with van der Waals surface area (Å²) in [7, 11) is 0. The normalized spacial score (nSPS) is 15.8. The number of amides is 1. The van der Waals surface area contributed by atoms with Gasteiger partial charge in [0, 0.05) is 6.54 Å². The number of H-pyrrole nitrogens is 1. The lowest BCUT2D eigenvalue weighted by molar-refractivity contribution is 0.201. The maximum absolute atomic E-state index is 10.7. The molecule has 1 aliphatic rings. The number of nitrogens with zero attached hydrogens (tertiary/aromatic N) is 2. The molecule has 0 fully saturated rings. The molecule has 0 atom stereocenters. The maximum atomic E-state index is 10.7. The van der Waals surface area contributed by atoms with Gasteiger partial charge in [0.15, 0.2) is 0 Å². The summed E-state index contributed by atoms with van der Waals surface area (Å²) in [6.07, 6.45) is 2.40. The van der Waals surface area contributed by atoms with E-state index < -0.39 is 6.09 Å². The monoisotopic (exact) mass is 167 g/mol. The lowest BCUT2D eigenvalue weighted by Crippen LogP contribution is -2.33. The van der Waals surface area contributed by atoms with Crippen LogP contribution in [-0.4, -0.2) is 27.9 Å². The van der Waals surface area contributed by atoms with Gasteiger partial charge >= 0.3 is 6.09 Å². The Morgan fingerprint density at radius 2 is 2.58 bits per heavy atom. The Morgan fingerprint density at radius 1 is 1.75 bits per heavy atom. The zero-order chi connectivity index (χ0) is 8.55. The van der Waals surface area contributed by atoms with E-state index in [1.165, 1.54) is 4.90 Å². The van der Waals surface area contributed by atoms with Gasteiger partial charge in [-0.05, 0) is 12.8 Å². The minimum absolute atomic E-state index is 0.571. The van der Waals surface area contributed by atoms with Crippen molar-refractivity contribution in [3.8, 4) is 0 Å². The third-order valence-electron chi connectivity index (χ3n) is 2.03. The summed E-state index contributed by atoms with van der Waals surface area (Å²) >= 11 is 0. The van der Waals surface area contributed by atoms with E-state index in [0.717, 1.165) is 18.5 Å². The van der Waals surface area contributed by atoms with Gasteiger partial charge in [0.25, 0.3) is 0 Å². The molecule has 2 N–H and O–H groups in total. The number of rotatable bonds is 0. The first-order valence-corrected chi connectivity index (χ1v) is 3.82. The molecule has 0 saturated heterocycles. The van der Waals surface area contributed by atoms with Gasteiger partial charge in [0.1, 0.15) is 0 Å². The van der Waals surface area contributed by atoms with Crippen molar-refractivity contribution in [2.24, 2.45) is 0 Å². The Bertz CT molecular complexity index is 307. The quantitative estimate of drug-likeness (QED) is 0.601. The summed E-state index contributed by atoms with van der Waals surface area (Å²) in [5.41, 5.74) is 1.62. The van der Waals surface area contributed by atoms with Gasteiger partial charge in [-0.2, -0.15) is 5.10 Å². The molecule has 0 unspecified atom stereocenters. The van der Waals surface area contributed by atoms with Crippen LogP contribution >= 0.6 is 0 Å². The van der Waals surface area contributed by atoms with Crippen LogP contribution in [0.15, 0.2) is 6.20 Å². The minimum atomic E-state index is -0.905. The Labute approximate surface area is 69.0 Å². The Kier molecular flexibility index (Phi) is 1.49. The molecule has 0 radical (unpaired) electrons. The van der Waals surface area contributed by atoms with Gasteiger partial charge < -0.3 is 5.11 Å². The second-order valence-electron chi connectivity index (χ2n) is 2.77. The first kappa shape index (κ1) is 7.15. The standard InChI is InChI=1S/C7H9N3O2/c11-7(12)10-3-1-2-5-6(10)4-8-9-5/h4H,1-3H2,(H,8,9)(H,11,12). The van der Waals surface area contributed by atoms with Crippen LogP contribution < -0.4 is 4.90 Å². The fourth-order valence-electron chi connectivity index (χ4n) is 1.46. The fraction of sp³-hybridized carbons (Fsp3) is 0.429. The van der Waals surface area contributed by atoms with Crippen LogP contribution in [0.2, 0.25) is 0 Å². The summed E-state index contributed by atoms with van der Waals surface area (Å²) in [4.78, 5) is 12.0. The highest BCUT2D eigenvalue weighted by atomic mass is 16.4. The van der Waals surface area contributed by atoms with Crippen molar-refractivity contribution in [2.75, 3.05) is 11.4 Å². The van der Waals surface area contributed by atoms with Crippen LogP contribution in [-0.2, 0) is 6.42 Å². The van der Waals surface area contributed by atoms with Crippen molar-refractivity contribution >= 4 is 11.8 Å². The van der Waals surface area contributed by atoms with Gasteiger partial charge in [-0.1, -0.05) is 0 Å². The van der Waals surface area contributed by atoms with E-state index in [-0.39, 0.29) is 0 Å².